The van der Waals surface area contributed by atoms with Gasteiger partial charge in [0, 0.05) is 12.8 Å². The van der Waals surface area contributed by atoms with Crippen LogP contribution in [0.15, 0.2) is 18.9 Å². The Kier molecular flexibility index (Phi) is 4.61. The summed E-state index contributed by atoms with van der Waals surface area (Å²) in [6.07, 6.45) is 10.4. The molecule has 1 aromatic heterocycles. The molecule has 2 fully saturated rings. The number of hydrogen-bond donors (Lipinski definition) is 0. The first kappa shape index (κ1) is 17.6. The van der Waals surface area contributed by atoms with E-state index in [1.807, 2.05) is 6.07 Å². The van der Waals surface area contributed by atoms with Gasteiger partial charge in [-0.3, -0.25) is 4.48 Å². The molecule has 0 aromatic carbocycles. The summed E-state index contributed by atoms with van der Waals surface area (Å²) in [7, 11) is 4.12. The summed E-state index contributed by atoms with van der Waals surface area (Å²) in [4.78, 5) is 20.8. The summed E-state index contributed by atoms with van der Waals surface area (Å²) >= 11 is 0. The molecule has 25 heavy (non-hydrogen) atoms. The van der Waals surface area contributed by atoms with Crippen LogP contribution in [0.1, 0.15) is 54.7 Å². The van der Waals surface area contributed by atoms with Crippen molar-refractivity contribution in [2.45, 2.75) is 44.6 Å². The molecule has 1 spiro atoms. The maximum Gasteiger partial charge on any atom is 0.347 e. The van der Waals surface area contributed by atoms with Crippen LogP contribution in [0, 0.1) is 16.7 Å². The lowest BCUT2D eigenvalue weighted by atomic mass is 9.82. The summed E-state index contributed by atoms with van der Waals surface area (Å²) in [6, 6.07) is 2.35. The van der Waals surface area contributed by atoms with Crippen molar-refractivity contribution >= 4 is 11.8 Å². The normalized spacial score (nSPS) is 19.2. The molecule has 6 heteroatoms. The smallest absolute Gasteiger partial charge is 0.347 e. The van der Waals surface area contributed by atoms with E-state index in [2.05, 4.69) is 30.6 Å². The summed E-state index contributed by atoms with van der Waals surface area (Å²) in [6.45, 7) is 3.70. The largest absolute Gasteiger partial charge is 0.458 e. The highest BCUT2D eigenvalue weighted by Crippen LogP contribution is 2.57. The Hall–Kier alpha value is -2.26. The molecule has 0 amide bonds. The van der Waals surface area contributed by atoms with E-state index >= 15 is 0 Å². The fourth-order valence-corrected chi connectivity index (χ4v) is 3.93. The maximum absolute atomic E-state index is 12.4. The van der Waals surface area contributed by atoms with Crippen molar-refractivity contribution in [3.05, 3.63) is 30.2 Å². The van der Waals surface area contributed by atoms with Crippen LogP contribution in [0.4, 0.5) is 5.82 Å². The number of quaternary nitrogens is 1. The highest BCUT2D eigenvalue weighted by Gasteiger charge is 2.49. The van der Waals surface area contributed by atoms with Crippen molar-refractivity contribution < 1.29 is 9.53 Å². The van der Waals surface area contributed by atoms with Crippen LogP contribution in [0.3, 0.4) is 0 Å². The van der Waals surface area contributed by atoms with Gasteiger partial charge in [-0.05, 0) is 31.1 Å². The quantitative estimate of drug-likeness (QED) is 0.467. The monoisotopic (exact) mass is 341 g/mol. The second-order valence-electron chi connectivity index (χ2n) is 7.70. The van der Waals surface area contributed by atoms with E-state index in [-0.39, 0.29) is 12.4 Å². The Morgan fingerprint density at radius 2 is 2.12 bits per heavy atom. The van der Waals surface area contributed by atoms with Gasteiger partial charge in [-0.15, -0.1) is 0 Å². The first-order valence-corrected chi connectivity index (χ1v) is 8.81. The van der Waals surface area contributed by atoms with E-state index in [0.717, 1.165) is 12.8 Å². The van der Waals surface area contributed by atoms with Gasteiger partial charge >= 0.3 is 5.97 Å². The van der Waals surface area contributed by atoms with Crippen LogP contribution in [0.5, 0.6) is 0 Å². The molecule has 0 radical (unpaired) electrons. The average molecular weight is 341 g/mol. The third-order valence-electron chi connectivity index (χ3n) is 5.85. The lowest BCUT2D eigenvalue weighted by Gasteiger charge is -2.41. The minimum absolute atomic E-state index is 0.0796. The van der Waals surface area contributed by atoms with E-state index in [1.165, 1.54) is 38.0 Å². The number of carbonyl (C=O) groups excluding carboxylic acids is 1. The van der Waals surface area contributed by atoms with Crippen molar-refractivity contribution in [2.24, 2.45) is 5.41 Å². The van der Waals surface area contributed by atoms with Gasteiger partial charge in [0.1, 0.15) is 12.7 Å². The molecule has 0 aliphatic heterocycles. The van der Waals surface area contributed by atoms with Crippen LogP contribution in [-0.2, 0) is 4.74 Å². The molecular formula is C19H25N4O2+. The van der Waals surface area contributed by atoms with Crippen molar-refractivity contribution in [1.82, 2.24) is 14.5 Å². The lowest BCUT2D eigenvalue weighted by molar-refractivity contribution is 0.0544. The SMILES string of the molecule is C=CCOC(=O)c1cnc(C#N)nc1[N+](C)(C)C1CCC2(CC1)CC2. The second kappa shape index (κ2) is 6.57. The van der Waals surface area contributed by atoms with E-state index in [9.17, 15) is 10.1 Å². The molecule has 2 aliphatic carbocycles. The number of rotatable bonds is 5. The van der Waals surface area contributed by atoms with Crippen LogP contribution in [0.2, 0.25) is 0 Å². The van der Waals surface area contributed by atoms with Gasteiger partial charge in [-0.1, -0.05) is 12.7 Å². The average Bonchev–Trinajstić information content (AvgIpc) is 3.38. The highest BCUT2D eigenvalue weighted by atomic mass is 16.5. The van der Waals surface area contributed by atoms with Crippen molar-refractivity contribution in [2.75, 3.05) is 20.7 Å². The molecule has 1 heterocycles. The third kappa shape index (κ3) is 3.42. The molecule has 132 valence electrons. The molecule has 0 unspecified atom stereocenters. The van der Waals surface area contributed by atoms with Gasteiger partial charge in [0.2, 0.25) is 11.6 Å². The van der Waals surface area contributed by atoms with E-state index in [0.29, 0.717) is 27.3 Å². The fraction of sp³-hybridized carbons (Fsp3) is 0.579. The molecule has 0 bridgehead atoms. The number of hydrogen-bond acceptors (Lipinski definition) is 5. The fourth-order valence-electron chi connectivity index (χ4n) is 3.93. The van der Waals surface area contributed by atoms with Crippen molar-refractivity contribution in [3.63, 3.8) is 0 Å². The maximum atomic E-state index is 12.4. The molecule has 3 rings (SSSR count). The van der Waals surface area contributed by atoms with Gasteiger partial charge in [0.05, 0.1) is 26.3 Å². The Bertz CT molecular complexity index is 721. The summed E-state index contributed by atoms with van der Waals surface area (Å²) < 4.78 is 5.65. The Morgan fingerprint density at radius 3 is 2.68 bits per heavy atom. The molecule has 2 aliphatic rings. The van der Waals surface area contributed by atoms with Gasteiger partial charge in [0.15, 0.2) is 5.56 Å². The zero-order chi connectivity index (χ0) is 18.1. The lowest BCUT2D eigenvalue weighted by Crippen LogP contribution is -2.53. The molecule has 0 N–H and O–H groups in total. The third-order valence-corrected chi connectivity index (χ3v) is 5.85. The first-order chi connectivity index (χ1) is 11.9. The zero-order valence-corrected chi connectivity index (χ0v) is 15.0. The van der Waals surface area contributed by atoms with Gasteiger partial charge in [0.25, 0.3) is 0 Å². The molecular weight excluding hydrogens is 316 g/mol. The van der Waals surface area contributed by atoms with Crippen LogP contribution >= 0.6 is 0 Å². The van der Waals surface area contributed by atoms with Crippen LogP contribution in [0.25, 0.3) is 0 Å². The van der Waals surface area contributed by atoms with E-state index in [4.69, 9.17) is 4.74 Å². The number of aromatic nitrogens is 2. The number of nitriles is 1. The Morgan fingerprint density at radius 1 is 1.44 bits per heavy atom. The van der Waals surface area contributed by atoms with Crippen molar-refractivity contribution in [1.29, 1.82) is 5.26 Å². The summed E-state index contributed by atoms with van der Waals surface area (Å²) in [5, 5.41) is 9.17. The predicted octanol–water partition coefficient (Wildman–Crippen LogP) is 2.98. The zero-order valence-electron chi connectivity index (χ0n) is 15.0. The number of ether oxygens (including phenoxy) is 1. The number of esters is 1. The Labute approximate surface area is 148 Å². The summed E-state index contributed by atoms with van der Waals surface area (Å²) in [5.41, 5.74) is 0.934. The molecule has 0 atom stereocenters. The van der Waals surface area contributed by atoms with E-state index in [1.54, 1.807) is 0 Å². The van der Waals surface area contributed by atoms with Gasteiger partial charge in [-0.25, -0.2) is 9.78 Å². The molecule has 1 aromatic rings. The standard InChI is InChI=1S/C19H25N4O2/c1-4-11-25-18(24)15-13-21-16(12-20)22-17(15)23(2,3)14-5-7-19(8-6-14)9-10-19/h4,13-14H,1,5-11H2,2-3H3/q+1. The van der Waals surface area contributed by atoms with Gasteiger partial charge < -0.3 is 4.74 Å². The number of carbonyl (C=O) groups is 1. The van der Waals surface area contributed by atoms with Crippen molar-refractivity contribution in [3.8, 4) is 6.07 Å². The van der Waals surface area contributed by atoms with E-state index < -0.39 is 5.97 Å². The summed E-state index contributed by atoms with van der Waals surface area (Å²) in [5.74, 6) is 0.174. The van der Waals surface area contributed by atoms with Crippen LogP contribution < -0.4 is 4.48 Å². The molecule has 2 saturated carbocycles. The number of nitrogens with zero attached hydrogens (tertiary/aromatic N) is 4. The second-order valence-corrected chi connectivity index (χ2v) is 7.70. The van der Waals surface area contributed by atoms with Crippen LogP contribution in [-0.4, -0.2) is 42.7 Å². The Balaban J connectivity index is 1.90. The minimum Gasteiger partial charge on any atom is -0.458 e. The van der Waals surface area contributed by atoms with Gasteiger partial charge in [-0.2, -0.15) is 10.2 Å². The predicted molar refractivity (Wildman–Crippen MR) is 94.8 cm³/mol. The topological polar surface area (TPSA) is 75.9 Å². The first-order valence-electron chi connectivity index (χ1n) is 8.81. The minimum atomic E-state index is -0.472. The molecule has 6 nitrogen and oxygen atoms in total. The molecule has 0 saturated heterocycles. The highest BCUT2D eigenvalue weighted by molar-refractivity contribution is 5.94.